The molecule has 6 rings (SSSR count). The highest BCUT2D eigenvalue weighted by Gasteiger charge is 2.27. The number of aromatic hydroxyl groups is 2. The zero-order valence-corrected chi connectivity index (χ0v) is 30.6. The number of benzene rings is 4. The molecule has 0 fully saturated rings. The Kier molecular flexibility index (Phi) is 10.4. The molecule has 2 heterocycles. The van der Waals surface area contributed by atoms with Crippen LogP contribution in [0.1, 0.15) is 69.6 Å². The number of aromatic nitrogens is 2. The normalized spacial score (nSPS) is 12.3. The highest BCUT2D eigenvalue weighted by Crippen LogP contribution is 2.44. The largest absolute Gasteiger partial charge is 0.507 e. The maximum Gasteiger partial charge on any atom is 0.124 e. The van der Waals surface area contributed by atoms with Gasteiger partial charge in [0, 0.05) is 54.9 Å². The van der Waals surface area contributed by atoms with Crippen LogP contribution < -0.4 is 0 Å². The summed E-state index contributed by atoms with van der Waals surface area (Å²) in [6.45, 7) is 15.5. The van der Waals surface area contributed by atoms with Crippen LogP contribution in [0.15, 0.2) is 121 Å². The number of nitrogens with zero attached hydrogens (tertiary/aromatic N) is 4. The number of fused-ring (bicyclic) bond motifs is 1. The zero-order valence-electron chi connectivity index (χ0n) is 30.6. The highest BCUT2D eigenvalue weighted by molar-refractivity contribution is 6.07. The number of rotatable bonds is 10. The van der Waals surface area contributed by atoms with Crippen molar-refractivity contribution in [3.05, 3.63) is 144 Å². The third-order valence-corrected chi connectivity index (χ3v) is 9.28. The maximum absolute atomic E-state index is 11.4. The summed E-state index contributed by atoms with van der Waals surface area (Å²) in [7, 11) is 0. The lowest BCUT2D eigenvalue weighted by molar-refractivity contribution is 0.258. The van der Waals surface area contributed by atoms with E-state index in [0.29, 0.717) is 37.5 Å². The molecule has 4 aromatic carbocycles. The van der Waals surface area contributed by atoms with Crippen LogP contribution in [-0.2, 0) is 23.9 Å². The number of phenols is 2. The highest BCUT2D eigenvalue weighted by atomic mass is 16.3. The van der Waals surface area contributed by atoms with Gasteiger partial charge in [0.25, 0.3) is 0 Å². The van der Waals surface area contributed by atoms with E-state index in [1.807, 2.05) is 60.9 Å². The number of aliphatic imine (C=N–C) groups is 1. The summed E-state index contributed by atoms with van der Waals surface area (Å²) in [5, 5.41) is 24.6. The molecule has 0 bridgehead atoms. The molecule has 260 valence electrons. The lowest BCUT2D eigenvalue weighted by Crippen LogP contribution is -2.26. The Morgan fingerprint density at radius 2 is 1.22 bits per heavy atom. The van der Waals surface area contributed by atoms with Gasteiger partial charge in [-0.05, 0) is 92.4 Å². The topological polar surface area (TPSA) is 81.8 Å². The molecule has 6 nitrogen and oxygen atoms in total. The van der Waals surface area contributed by atoms with E-state index in [4.69, 9.17) is 4.99 Å². The minimum Gasteiger partial charge on any atom is -0.507 e. The number of hydrogen-bond acceptors (Lipinski definition) is 6. The monoisotopic (exact) mass is 676 g/mol. The molecular weight excluding hydrogens is 629 g/mol. The zero-order chi connectivity index (χ0) is 36.2. The molecule has 0 radical (unpaired) electrons. The first-order valence-electron chi connectivity index (χ1n) is 17.6. The first-order chi connectivity index (χ1) is 24.4. The van der Waals surface area contributed by atoms with Gasteiger partial charge in [0.2, 0.25) is 0 Å². The summed E-state index contributed by atoms with van der Waals surface area (Å²) in [6, 6.07) is 34.7. The number of phenolic OH excluding ortho intramolecular Hbond substituents is 2. The van der Waals surface area contributed by atoms with Gasteiger partial charge in [-0.15, -0.1) is 0 Å². The standard InChI is InChI=1S/C45H48N4O2/c1-44(2,3)39-26-33(27-40(43(39)51)45(4,5)6)38-18-12-14-31-13-11-17-37(42(31)38)32-19-20-41(50)34(25-32)28-46-23-24-49(29-35-15-7-9-21-47-35)30-36-16-8-10-22-48-36/h7-22,25-28,50-51H,23-24,29-30H2,1-6H3. The smallest absolute Gasteiger partial charge is 0.124 e. The Morgan fingerprint density at radius 3 is 1.75 bits per heavy atom. The Balaban J connectivity index is 1.33. The average molecular weight is 677 g/mol. The molecule has 0 aliphatic rings. The van der Waals surface area contributed by atoms with Crippen molar-refractivity contribution in [2.24, 2.45) is 4.99 Å². The Bertz CT molecular complexity index is 2060. The van der Waals surface area contributed by atoms with Gasteiger partial charge in [-0.2, -0.15) is 0 Å². The molecule has 6 heteroatoms. The summed E-state index contributed by atoms with van der Waals surface area (Å²) in [4.78, 5) is 16.1. The number of pyridine rings is 2. The molecule has 6 aromatic rings. The Morgan fingerprint density at radius 1 is 0.647 bits per heavy atom. The van der Waals surface area contributed by atoms with E-state index in [-0.39, 0.29) is 16.6 Å². The minimum atomic E-state index is -0.243. The molecule has 0 atom stereocenters. The summed E-state index contributed by atoms with van der Waals surface area (Å²) in [5.41, 5.74) is 8.26. The Hall–Kier alpha value is -5.33. The van der Waals surface area contributed by atoms with E-state index >= 15 is 0 Å². The fourth-order valence-corrected chi connectivity index (χ4v) is 6.60. The van der Waals surface area contributed by atoms with Gasteiger partial charge in [0.05, 0.1) is 17.9 Å². The predicted molar refractivity (Wildman–Crippen MR) is 211 cm³/mol. The molecule has 0 unspecified atom stereocenters. The van der Waals surface area contributed by atoms with Crippen LogP contribution in [0.4, 0.5) is 0 Å². The molecule has 2 N–H and O–H groups in total. The van der Waals surface area contributed by atoms with E-state index in [2.05, 4.69) is 105 Å². The van der Waals surface area contributed by atoms with E-state index in [1.54, 1.807) is 12.3 Å². The van der Waals surface area contributed by atoms with Crippen molar-refractivity contribution in [1.29, 1.82) is 0 Å². The van der Waals surface area contributed by atoms with E-state index in [1.165, 1.54) is 0 Å². The van der Waals surface area contributed by atoms with Crippen LogP contribution in [0.5, 0.6) is 11.5 Å². The summed E-state index contributed by atoms with van der Waals surface area (Å²) < 4.78 is 0. The molecule has 2 aromatic heterocycles. The second-order valence-electron chi connectivity index (χ2n) is 15.3. The van der Waals surface area contributed by atoms with E-state index in [0.717, 1.165) is 55.5 Å². The molecule has 0 aliphatic heterocycles. The molecular formula is C45H48N4O2. The summed E-state index contributed by atoms with van der Waals surface area (Å²) in [6.07, 6.45) is 5.41. The van der Waals surface area contributed by atoms with Crippen LogP contribution >= 0.6 is 0 Å². The fourth-order valence-electron chi connectivity index (χ4n) is 6.60. The summed E-state index contributed by atoms with van der Waals surface area (Å²) >= 11 is 0. The van der Waals surface area contributed by atoms with Crippen molar-refractivity contribution >= 4 is 17.0 Å². The molecule has 0 saturated heterocycles. The van der Waals surface area contributed by atoms with Crippen molar-refractivity contribution in [3.8, 4) is 33.8 Å². The van der Waals surface area contributed by atoms with Crippen LogP contribution in [-0.4, -0.2) is 44.4 Å². The molecule has 0 spiro atoms. The van der Waals surface area contributed by atoms with Gasteiger partial charge in [-0.25, -0.2) is 0 Å². The fraction of sp³-hybridized carbons (Fsp3) is 0.267. The second kappa shape index (κ2) is 14.9. The molecule has 51 heavy (non-hydrogen) atoms. The maximum atomic E-state index is 11.4. The van der Waals surface area contributed by atoms with Crippen LogP contribution in [0.3, 0.4) is 0 Å². The van der Waals surface area contributed by atoms with Crippen molar-refractivity contribution in [1.82, 2.24) is 14.9 Å². The van der Waals surface area contributed by atoms with Crippen molar-refractivity contribution < 1.29 is 10.2 Å². The van der Waals surface area contributed by atoms with Gasteiger partial charge in [0.1, 0.15) is 11.5 Å². The van der Waals surface area contributed by atoms with Crippen LogP contribution in [0.25, 0.3) is 33.0 Å². The third-order valence-electron chi connectivity index (χ3n) is 9.28. The van der Waals surface area contributed by atoms with Gasteiger partial charge >= 0.3 is 0 Å². The Labute approximate surface area is 302 Å². The first-order valence-corrected chi connectivity index (χ1v) is 17.6. The molecule has 0 aliphatic carbocycles. The quantitative estimate of drug-likeness (QED) is 0.141. The number of hydrogen-bond donors (Lipinski definition) is 2. The minimum absolute atomic E-state index is 0.185. The van der Waals surface area contributed by atoms with Gasteiger partial charge in [-0.1, -0.05) is 96.1 Å². The van der Waals surface area contributed by atoms with Gasteiger partial charge < -0.3 is 10.2 Å². The lowest BCUT2D eigenvalue weighted by atomic mass is 9.77. The third kappa shape index (κ3) is 8.35. The average Bonchev–Trinajstić information content (AvgIpc) is 3.10. The molecule has 0 amide bonds. The van der Waals surface area contributed by atoms with Crippen LogP contribution in [0, 0.1) is 0 Å². The second-order valence-corrected chi connectivity index (χ2v) is 15.3. The SMILES string of the molecule is CC(C)(C)c1cc(-c2cccc3cccc(-c4ccc(O)c(C=NCCN(Cc5ccccn5)Cc5ccccn5)c4)c23)cc(C(C)(C)C)c1O. The molecule has 0 saturated carbocycles. The van der Waals surface area contributed by atoms with Gasteiger partial charge in [-0.3, -0.25) is 19.9 Å². The van der Waals surface area contributed by atoms with Crippen molar-refractivity contribution in [2.75, 3.05) is 13.1 Å². The summed E-state index contributed by atoms with van der Waals surface area (Å²) in [5.74, 6) is 0.559. The van der Waals surface area contributed by atoms with Crippen LogP contribution in [0.2, 0.25) is 0 Å². The van der Waals surface area contributed by atoms with E-state index < -0.39 is 0 Å². The van der Waals surface area contributed by atoms with Crippen molar-refractivity contribution in [2.45, 2.75) is 65.5 Å². The van der Waals surface area contributed by atoms with Gasteiger partial charge in [0.15, 0.2) is 0 Å². The predicted octanol–water partition coefficient (Wildman–Crippen LogP) is 10.1. The van der Waals surface area contributed by atoms with E-state index in [9.17, 15) is 10.2 Å². The van der Waals surface area contributed by atoms with Crippen molar-refractivity contribution in [3.63, 3.8) is 0 Å². The first kappa shape index (κ1) is 35.5. The lowest BCUT2D eigenvalue weighted by Gasteiger charge is -2.28.